The molecule has 0 amide bonds. The van der Waals surface area contributed by atoms with Gasteiger partial charge in [0.2, 0.25) is 0 Å². The Kier molecular flexibility index (Phi) is 5.58. The van der Waals surface area contributed by atoms with Crippen molar-refractivity contribution in [2.24, 2.45) is 0 Å². The number of hydrogen-bond donors (Lipinski definition) is 1. The number of nitro benzene ring substituents is 1. The lowest BCUT2D eigenvalue weighted by molar-refractivity contribution is -0.384. The first-order chi connectivity index (χ1) is 8.08. The Balaban J connectivity index is 2.94. The molecule has 0 aliphatic rings. The molecule has 1 aromatic rings. The highest BCUT2D eigenvalue weighted by atomic mass is 35.5. The fourth-order valence-electron chi connectivity index (χ4n) is 1.47. The fourth-order valence-corrected chi connectivity index (χ4v) is 2.36. The minimum absolute atomic E-state index is 0.0638. The smallest absolute Gasteiger partial charge is 0.292 e. The normalized spacial score (nSPS) is 12.2. The van der Waals surface area contributed by atoms with Crippen LogP contribution in [-0.4, -0.2) is 23.0 Å². The molecule has 17 heavy (non-hydrogen) atoms. The van der Waals surface area contributed by atoms with E-state index in [4.69, 9.17) is 11.6 Å². The molecular weight excluding hydrogens is 260 g/mol. The molecule has 1 atom stereocenters. The second-order valence-electron chi connectivity index (χ2n) is 3.62. The average Bonchev–Trinajstić information content (AvgIpc) is 2.28. The highest BCUT2D eigenvalue weighted by molar-refractivity contribution is 7.98. The second-order valence-corrected chi connectivity index (χ2v) is 4.97. The summed E-state index contributed by atoms with van der Waals surface area (Å²) in [7, 11) is 0. The molecule has 0 fully saturated rings. The largest absolute Gasteiger partial charge is 0.376 e. The SMILES string of the molecule is CCC(CSC)Nc1cc(Cl)ccc1[N+](=O)[O-]. The van der Waals surface area contributed by atoms with Crippen LogP contribution in [0, 0.1) is 10.1 Å². The second kappa shape index (κ2) is 6.71. The van der Waals surface area contributed by atoms with E-state index >= 15 is 0 Å². The zero-order valence-electron chi connectivity index (χ0n) is 9.77. The van der Waals surface area contributed by atoms with Crippen molar-refractivity contribution in [3.8, 4) is 0 Å². The van der Waals surface area contributed by atoms with E-state index in [1.807, 2.05) is 13.2 Å². The van der Waals surface area contributed by atoms with E-state index in [0.29, 0.717) is 10.7 Å². The highest BCUT2D eigenvalue weighted by Gasteiger charge is 2.16. The van der Waals surface area contributed by atoms with Crippen LogP contribution in [0.3, 0.4) is 0 Å². The lowest BCUT2D eigenvalue weighted by Gasteiger charge is -2.17. The van der Waals surface area contributed by atoms with Crippen LogP contribution in [0.5, 0.6) is 0 Å². The van der Waals surface area contributed by atoms with E-state index in [1.165, 1.54) is 12.1 Å². The number of benzene rings is 1. The van der Waals surface area contributed by atoms with E-state index in [1.54, 1.807) is 17.8 Å². The van der Waals surface area contributed by atoms with Crippen LogP contribution in [0.25, 0.3) is 0 Å². The lowest BCUT2D eigenvalue weighted by atomic mass is 10.2. The van der Waals surface area contributed by atoms with Crippen molar-refractivity contribution >= 4 is 34.7 Å². The molecule has 0 bridgehead atoms. The summed E-state index contributed by atoms with van der Waals surface area (Å²) in [4.78, 5) is 10.5. The Hall–Kier alpha value is -0.940. The van der Waals surface area contributed by atoms with Gasteiger partial charge in [-0.05, 0) is 24.8 Å². The Morgan fingerprint density at radius 3 is 2.82 bits per heavy atom. The summed E-state index contributed by atoms with van der Waals surface area (Å²) in [6, 6.07) is 4.77. The van der Waals surface area contributed by atoms with Crippen LogP contribution in [0.1, 0.15) is 13.3 Å². The van der Waals surface area contributed by atoms with Gasteiger partial charge >= 0.3 is 0 Å². The maximum absolute atomic E-state index is 10.9. The van der Waals surface area contributed by atoms with Gasteiger partial charge in [0.15, 0.2) is 0 Å². The van der Waals surface area contributed by atoms with E-state index in [9.17, 15) is 10.1 Å². The summed E-state index contributed by atoms with van der Waals surface area (Å²) in [6.45, 7) is 2.05. The van der Waals surface area contributed by atoms with Crippen molar-refractivity contribution in [1.82, 2.24) is 0 Å². The molecule has 4 nitrogen and oxygen atoms in total. The predicted octanol–water partition coefficient (Wildman–Crippen LogP) is 3.80. The molecule has 0 radical (unpaired) electrons. The minimum atomic E-state index is -0.398. The Morgan fingerprint density at radius 1 is 1.59 bits per heavy atom. The molecule has 0 heterocycles. The average molecular weight is 275 g/mol. The van der Waals surface area contributed by atoms with Crippen LogP contribution in [0.15, 0.2) is 18.2 Å². The Morgan fingerprint density at radius 2 is 2.29 bits per heavy atom. The van der Waals surface area contributed by atoms with E-state index in [0.717, 1.165) is 12.2 Å². The van der Waals surface area contributed by atoms with Gasteiger partial charge in [-0.2, -0.15) is 11.8 Å². The van der Waals surface area contributed by atoms with Crippen molar-refractivity contribution in [3.05, 3.63) is 33.3 Å². The number of nitro groups is 1. The van der Waals surface area contributed by atoms with Crippen LogP contribution < -0.4 is 5.32 Å². The third kappa shape index (κ3) is 4.09. The van der Waals surface area contributed by atoms with Crippen LogP contribution in [0.2, 0.25) is 5.02 Å². The van der Waals surface area contributed by atoms with Crippen molar-refractivity contribution in [2.45, 2.75) is 19.4 Å². The zero-order chi connectivity index (χ0) is 12.8. The number of rotatable bonds is 6. The molecule has 0 aliphatic heterocycles. The Bertz CT molecular complexity index is 401. The standard InChI is InChI=1S/C11H15ClN2O2S/c1-3-9(7-17-2)13-10-6-8(12)4-5-11(10)14(15)16/h4-6,9,13H,3,7H2,1-2H3. The van der Waals surface area contributed by atoms with Crippen LogP contribution >= 0.6 is 23.4 Å². The first-order valence-electron chi connectivity index (χ1n) is 5.27. The number of anilines is 1. The molecule has 1 aromatic carbocycles. The maximum atomic E-state index is 10.9. The minimum Gasteiger partial charge on any atom is -0.376 e. The molecule has 1 unspecified atom stereocenters. The summed E-state index contributed by atoms with van der Waals surface area (Å²) in [6.07, 6.45) is 2.92. The third-order valence-corrected chi connectivity index (χ3v) is 3.35. The van der Waals surface area contributed by atoms with Crippen molar-refractivity contribution < 1.29 is 4.92 Å². The van der Waals surface area contributed by atoms with Gasteiger partial charge < -0.3 is 5.32 Å². The Labute approximate surface area is 110 Å². The van der Waals surface area contributed by atoms with Gasteiger partial charge in [0.05, 0.1) is 4.92 Å². The molecule has 1 N–H and O–H groups in total. The van der Waals surface area contributed by atoms with E-state index in [2.05, 4.69) is 5.32 Å². The summed E-state index contributed by atoms with van der Waals surface area (Å²) >= 11 is 7.56. The lowest BCUT2D eigenvalue weighted by Crippen LogP contribution is -2.21. The molecular formula is C11H15ClN2O2S. The quantitative estimate of drug-likeness (QED) is 0.633. The van der Waals surface area contributed by atoms with Crippen molar-refractivity contribution in [3.63, 3.8) is 0 Å². The van der Waals surface area contributed by atoms with E-state index < -0.39 is 4.92 Å². The van der Waals surface area contributed by atoms with Gasteiger partial charge in [-0.15, -0.1) is 0 Å². The molecule has 0 aliphatic carbocycles. The van der Waals surface area contributed by atoms with Gasteiger partial charge in [-0.3, -0.25) is 10.1 Å². The number of thioether (sulfide) groups is 1. The number of halogens is 1. The van der Waals surface area contributed by atoms with Gasteiger partial charge in [0.1, 0.15) is 5.69 Å². The molecule has 0 aromatic heterocycles. The maximum Gasteiger partial charge on any atom is 0.292 e. The molecule has 6 heteroatoms. The summed E-state index contributed by atoms with van der Waals surface area (Å²) in [5, 5.41) is 14.5. The van der Waals surface area contributed by atoms with Crippen molar-refractivity contribution in [1.29, 1.82) is 0 Å². The van der Waals surface area contributed by atoms with Crippen LogP contribution in [-0.2, 0) is 0 Å². The summed E-state index contributed by atoms with van der Waals surface area (Å²) in [5.74, 6) is 0.903. The first-order valence-corrected chi connectivity index (χ1v) is 7.05. The molecule has 0 saturated carbocycles. The van der Waals surface area contributed by atoms with Crippen LogP contribution in [0.4, 0.5) is 11.4 Å². The molecule has 0 saturated heterocycles. The van der Waals surface area contributed by atoms with Gasteiger partial charge in [-0.25, -0.2) is 0 Å². The first kappa shape index (κ1) is 14.1. The highest BCUT2D eigenvalue weighted by Crippen LogP contribution is 2.28. The summed E-state index contributed by atoms with van der Waals surface area (Å²) < 4.78 is 0. The molecule has 94 valence electrons. The molecule has 0 spiro atoms. The predicted molar refractivity (Wildman–Crippen MR) is 74.2 cm³/mol. The topological polar surface area (TPSA) is 55.2 Å². The zero-order valence-corrected chi connectivity index (χ0v) is 11.3. The number of hydrogen-bond acceptors (Lipinski definition) is 4. The summed E-state index contributed by atoms with van der Waals surface area (Å²) in [5.41, 5.74) is 0.553. The number of nitrogens with one attached hydrogen (secondary N) is 1. The third-order valence-electron chi connectivity index (χ3n) is 2.38. The van der Waals surface area contributed by atoms with Gasteiger partial charge in [0, 0.05) is 22.9 Å². The number of nitrogens with zero attached hydrogens (tertiary/aromatic N) is 1. The van der Waals surface area contributed by atoms with Gasteiger partial charge in [-0.1, -0.05) is 18.5 Å². The monoisotopic (exact) mass is 274 g/mol. The van der Waals surface area contributed by atoms with E-state index in [-0.39, 0.29) is 11.7 Å². The van der Waals surface area contributed by atoms with Gasteiger partial charge in [0.25, 0.3) is 5.69 Å². The fraction of sp³-hybridized carbons (Fsp3) is 0.455. The molecule has 1 rings (SSSR count). The van der Waals surface area contributed by atoms with Crippen molar-refractivity contribution in [2.75, 3.05) is 17.3 Å².